The number of hydrogen-bond acceptors (Lipinski definition) is 5. The summed E-state index contributed by atoms with van der Waals surface area (Å²) >= 11 is 0. The highest BCUT2D eigenvalue weighted by molar-refractivity contribution is 6.03. The van der Waals surface area contributed by atoms with Crippen LogP contribution in [0.15, 0.2) is 42.5 Å². The zero-order chi connectivity index (χ0) is 17.4. The van der Waals surface area contributed by atoms with Gasteiger partial charge in [-0.15, -0.1) is 12.4 Å². The van der Waals surface area contributed by atoms with Gasteiger partial charge in [0.05, 0.1) is 23.4 Å². The van der Waals surface area contributed by atoms with Gasteiger partial charge >= 0.3 is 5.97 Å². The van der Waals surface area contributed by atoms with Gasteiger partial charge in [0.1, 0.15) is 0 Å². The largest absolute Gasteiger partial charge is 0.462 e. The first-order valence-electron chi connectivity index (χ1n) is 8.15. The van der Waals surface area contributed by atoms with E-state index < -0.39 is 0 Å². The maximum absolute atomic E-state index is 12.6. The number of aryl methyl sites for hydroxylation is 1. The maximum atomic E-state index is 12.6. The van der Waals surface area contributed by atoms with Crippen molar-refractivity contribution in [2.24, 2.45) is 0 Å². The number of pyridine rings is 1. The summed E-state index contributed by atoms with van der Waals surface area (Å²) in [6, 6.07) is 13.4. The Hall–Kier alpha value is -2.79. The highest BCUT2D eigenvalue weighted by atomic mass is 35.5. The third-order valence-corrected chi connectivity index (χ3v) is 4.27. The first-order chi connectivity index (χ1) is 12.2. The van der Waals surface area contributed by atoms with Crippen molar-refractivity contribution in [3.63, 3.8) is 0 Å². The highest BCUT2D eigenvalue weighted by Gasteiger charge is 2.23. The van der Waals surface area contributed by atoms with E-state index in [0.29, 0.717) is 29.4 Å². The number of aromatic nitrogens is 1. The number of benzene rings is 2. The topological polar surface area (TPSA) is 57.7 Å². The van der Waals surface area contributed by atoms with Crippen molar-refractivity contribution >= 4 is 29.3 Å². The lowest BCUT2D eigenvalue weighted by atomic mass is 9.97. The Balaban J connectivity index is 0.00000196. The van der Waals surface area contributed by atoms with E-state index >= 15 is 0 Å². The molecule has 4 rings (SSSR count). The molecule has 2 aromatic carbocycles. The molecule has 5 nitrogen and oxygen atoms in total. The van der Waals surface area contributed by atoms with Crippen molar-refractivity contribution in [1.82, 2.24) is 4.98 Å². The third-order valence-electron chi connectivity index (χ3n) is 4.27. The second-order valence-corrected chi connectivity index (χ2v) is 5.77. The monoisotopic (exact) mass is 371 g/mol. The van der Waals surface area contributed by atoms with Crippen LogP contribution in [0.25, 0.3) is 22.2 Å². The molecule has 0 bridgehead atoms. The SMILES string of the molecule is CCOC(=O)c1c(-c2ccccc2)nc2cc3c(cc2c1C)OCO3.Cl. The van der Waals surface area contributed by atoms with E-state index in [9.17, 15) is 4.79 Å². The summed E-state index contributed by atoms with van der Waals surface area (Å²) in [5, 5.41) is 0.854. The number of carbonyl (C=O) groups is 1. The van der Waals surface area contributed by atoms with Crippen LogP contribution in [0.3, 0.4) is 0 Å². The molecule has 1 aromatic heterocycles. The van der Waals surface area contributed by atoms with Crippen LogP contribution in [-0.2, 0) is 4.74 Å². The number of carbonyl (C=O) groups excluding carboxylic acids is 1. The minimum Gasteiger partial charge on any atom is -0.462 e. The van der Waals surface area contributed by atoms with Crippen LogP contribution >= 0.6 is 12.4 Å². The van der Waals surface area contributed by atoms with Crippen LogP contribution in [0.4, 0.5) is 0 Å². The van der Waals surface area contributed by atoms with Crippen molar-refractivity contribution < 1.29 is 19.0 Å². The second-order valence-electron chi connectivity index (χ2n) is 5.77. The van der Waals surface area contributed by atoms with Crippen molar-refractivity contribution in [3.05, 3.63) is 53.6 Å². The number of halogens is 1. The lowest BCUT2D eigenvalue weighted by molar-refractivity contribution is 0.0526. The minimum absolute atomic E-state index is 0. The molecule has 0 saturated heterocycles. The van der Waals surface area contributed by atoms with Gasteiger partial charge in [0, 0.05) is 17.0 Å². The summed E-state index contributed by atoms with van der Waals surface area (Å²) in [5.41, 5.74) is 3.55. The number of nitrogens with zero attached hydrogens (tertiary/aromatic N) is 1. The molecule has 0 aliphatic carbocycles. The first-order valence-corrected chi connectivity index (χ1v) is 8.15. The molecular weight excluding hydrogens is 354 g/mol. The first kappa shape index (κ1) is 18.0. The fraction of sp³-hybridized carbons (Fsp3) is 0.200. The van der Waals surface area contributed by atoms with Crippen molar-refractivity contribution in [2.45, 2.75) is 13.8 Å². The Morgan fingerprint density at radius 3 is 2.54 bits per heavy atom. The Bertz CT molecular complexity index is 973. The molecule has 0 atom stereocenters. The van der Waals surface area contributed by atoms with Gasteiger partial charge in [0.2, 0.25) is 6.79 Å². The van der Waals surface area contributed by atoms with Crippen LogP contribution in [0.1, 0.15) is 22.8 Å². The van der Waals surface area contributed by atoms with E-state index in [2.05, 4.69) is 0 Å². The van der Waals surface area contributed by atoms with Gasteiger partial charge in [0.25, 0.3) is 0 Å². The molecule has 1 aliphatic rings. The Labute approximate surface area is 157 Å². The third kappa shape index (κ3) is 2.95. The summed E-state index contributed by atoms with van der Waals surface area (Å²) in [6.45, 7) is 4.21. The average molecular weight is 372 g/mol. The van der Waals surface area contributed by atoms with E-state index in [-0.39, 0.29) is 25.2 Å². The van der Waals surface area contributed by atoms with Gasteiger partial charge in [-0.25, -0.2) is 9.78 Å². The normalized spacial score (nSPS) is 11.9. The quantitative estimate of drug-likeness (QED) is 0.633. The molecule has 1 aliphatic heterocycles. The number of hydrogen-bond donors (Lipinski definition) is 0. The van der Waals surface area contributed by atoms with Crippen LogP contribution in [0.2, 0.25) is 0 Å². The van der Waals surface area contributed by atoms with Crippen LogP contribution in [0, 0.1) is 6.92 Å². The standard InChI is InChI=1S/C20H17NO4.ClH/c1-3-23-20(22)18-12(2)14-9-16-17(25-11-24-16)10-15(14)21-19(18)13-7-5-4-6-8-13;/h4-10H,3,11H2,1-2H3;1H. The van der Waals surface area contributed by atoms with Gasteiger partial charge in [-0.3, -0.25) is 0 Å². The summed E-state index contributed by atoms with van der Waals surface area (Å²) in [7, 11) is 0. The molecule has 0 fully saturated rings. The van der Waals surface area contributed by atoms with Crippen LogP contribution in [-0.4, -0.2) is 24.4 Å². The maximum Gasteiger partial charge on any atom is 0.340 e. The van der Waals surface area contributed by atoms with E-state index in [4.69, 9.17) is 19.2 Å². The molecule has 0 N–H and O–H groups in total. The van der Waals surface area contributed by atoms with E-state index in [0.717, 1.165) is 22.0 Å². The number of esters is 1. The zero-order valence-corrected chi connectivity index (χ0v) is 15.3. The van der Waals surface area contributed by atoms with Crippen molar-refractivity contribution in [1.29, 1.82) is 0 Å². The van der Waals surface area contributed by atoms with E-state index in [1.165, 1.54) is 0 Å². The van der Waals surface area contributed by atoms with E-state index in [1.54, 1.807) is 6.92 Å². The van der Waals surface area contributed by atoms with Gasteiger partial charge in [-0.2, -0.15) is 0 Å². The fourth-order valence-corrected chi connectivity index (χ4v) is 3.07. The lowest BCUT2D eigenvalue weighted by Gasteiger charge is -2.14. The molecule has 3 aromatic rings. The summed E-state index contributed by atoms with van der Waals surface area (Å²) in [4.78, 5) is 17.4. The Morgan fingerprint density at radius 2 is 1.85 bits per heavy atom. The fourth-order valence-electron chi connectivity index (χ4n) is 3.07. The van der Waals surface area contributed by atoms with Crippen LogP contribution < -0.4 is 9.47 Å². The molecule has 0 radical (unpaired) electrons. The number of rotatable bonds is 3. The molecule has 0 amide bonds. The van der Waals surface area contributed by atoms with Gasteiger partial charge in [-0.05, 0) is 25.5 Å². The Kier molecular flexibility index (Phi) is 5.00. The zero-order valence-electron chi connectivity index (χ0n) is 14.4. The van der Waals surface area contributed by atoms with E-state index in [1.807, 2.05) is 49.4 Å². The number of ether oxygens (including phenoxy) is 3. The van der Waals surface area contributed by atoms with Gasteiger partial charge in [-0.1, -0.05) is 30.3 Å². The van der Waals surface area contributed by atoms with Gasteiger partial charge in [0.15, 0.2) is 11.5 Å². The minimum atomic E-state index is -0.370. The smallest absolute Gasteiger partial charge is 0.340 e. The molecule has 0 saturated carbocycles. The average Bonchev–Trinajstić information content (AvgIpc) is 3.08. The molecule has 6 heteroatoms. The highest BCUT2D eigenvalue weighted by Crippen LogP contribution is 2.39. The van der Waals surface area contributed by atoms with Crippen molar-refractivity contribution in [3.8, 4) is 22.8 Å². The molecule has 134 valence electrons. The predicted octanol–water partition coefficient (Wildman–Crippen LogP) is 4.54. The molecule has 26 heavy (non-hydrogen) atoms. The van der Waals surface area contributed by atoms with Gasteiger partial charge < -0.3 is 14.2 Å². The Morgan fingerprint density at radius 1 is 1.15 bits per heavy atom. The lowest BCUT2D eigenvalue weighted by Crippen LogP contribution is -2.10. The molecule has 2 heterocycles. The molecule has 0 spiro atoms. The molecular formula is C20H18ClNO4. The van der Waals surface area contributed by atoms with Crippen LogP contribution in [0.5, 0.6) is 11.5 Å². The summed E-state index contributed by atoms with van der Waals surface area (Å²) in [6.07, 6.45) is 0. The summed E-state index contributed by atoms with van der Waals surface area (Å²) in [5.74, 6) is 0.966. The molecule has 0 unspecified atom stereocenters. The predicted molar refractivity (Wildman–Crippen MR) is 101 cm³/mol. The second kappa shape index (κ2) is 7.22. The number of fused-ring (bicyclic) bond motifs is 2. The summed E-state index contributed by atoms with van der Waals surface area (Å²) < 4.78 is 16.2. The van der Waals surface area contributed by atoms with Crippen molar-refractivity contribution in [2.75, 3.05) is 13.4 Å².